The minimum atomic E-state index is -0.531. The molecule has 0 aliphatic carbocycles. The van der Waals surface area contributed by atoms with Crippen molar-refractivity contribution in [1.82, 2.24) is 14.0 Å². The van der Waals surface area contributed by atoms with Gasteiger partial charge in [0.05, 0.1) is 5.56 Å². The molecule has 0 atom stereocenters. The standard InChI is InChI=1S/C13H21N3O3/c1-5-15(6-2)7-8-16-9-11(10(3)17)12(18)14(4)13(16)19/h9H,5-8H2,1-4H3. The van der Waals surface area contributed by atoms with Gasteiger partial charge < -0.3 is 4.90 Å². The van der Waals surface area contributed by atoms with Crippen molar-refractivity contribution < 1.29 is 4.79 Å². The summed E-state index contributed by atoms with van der Waals surface area (Å²) in [5, 5.41) is 0. The molecule has 1 aromatic rings. The van der Waals surface area contributed by atoms with Crippen LogP contribution in [0.5, 0.6) is 0 Å². The van der Waals surface area contributed by atoms with Crippen molar-refractivity contribution in [3.63, 3.8) is 0 Å². The molecule has 0 unspecified atom stereocenters. The maximum Gasteiger partial charge on any atom is 0.330 e. The lowest BCUT2D eigenvalue weighted by Gasteiger charge is -2.18. The Morgan fingerprint density at radius 1 is 1.26 bits per heavy atom. The van der Waals surface area contributed by atoms with Crippen LogP contribution in [-0.4, -0.2) is 39.5 Å². The third kappa shape index (κ3) is 3.41. The Morgan fingerprint density at radius 3 is 2.32 bits per heavy atom. The summed E-state index contributed by atoms with van der Waals surface area (Å²) < 4.78 is 2.41. The minimum absolute atomic E-state index is 0.0571. The van der Waals surface area contributed by atoms with E-state index in [1.165, 1.54) is 24.7 Å². The molecule has 6 heteroatoms. The molecule has 0 aromatic carbocycles. The summed E-state index contributed by atoms with van der Waals surface area (Å²) >= 11 is 0. The lowest BCUT2D eigenvalue weighted by molar-refractivity contribution is 0.101. The molecule has 0 bridgehead atoms. The number of hydrogen-bond acceptors (Lipinski definition) is 4. The van der Waals surface area contributed by atoms with Crippen molar-refractivity contribution in [1.29, 1.82) is 0 Å². The molecule has 6 nitrogen and oxygen atoms in total. The van der Waals surface area contributed by atoms with Crippen LogP contribution in [-0.2, 0) is 13.6 Å². The maximum absolute atomic E-state index is 11.9. The molecular formula is C13H21N3O3. The number of hydrogen-bond donors (Lipinski definition) is 0. The Balaban J connectivity index is 3.12. The predicted molar refractivity (Wildman–Crippen MR) is 73.7 cm³/mol. The van der Waals surface area contributed by atoms with Crippen LogP contribution >= 0.6 is 0 Å². The van der Waals surface area contributed by atoms with E-state index in [-0.39, 0.29) is 17.0 Å². The zero-order valence-electron chi connectivity index (χ0n) is 12.0. The molecule has 0 saturated carbocycles. The van der Waals surface area contributed by atoms with E-state index in [9.17, 15) is 14.4 Å². The van der Waals surface area contributed by atoms with Gasteiger partial charge in [0.1, 0.15) is 0 Å². The monoisotopic (exact) mass is 267 g/mol. The van der Waals surface area contributed by atoms with Gasteiger partial charge in [0.15, 0.2) is 5.78 Å². The molecule has 0 fully saturated rings. The van der Waals surface area contributed by atoms with Crippen LogP contribution in [0.3, 0.4) is 0 Å². The van der Waals surface area contributed by atoms with E-state index in [1.54, 1.807) is 0 Å². The van der Waals surface area contributed by atoms with Gasteiger partial charge in [0.2, 0.25) is 0 Å². The minimum Gasteiger partial charge on any atom is -0.302 e. The van der Waals surface area contributed by atoms with Crippen molar-refractivity contribution >= 4 is 5.78 Å². The van der Waals surface area contributed by atoms with Gasteiger partial charge >= 0.3 is 5.69 Å². The summed E-state index contributed by atoms with van der Waals surface area (Å²) in [6, 6.07) is 0. The molecule has 1 rings (SSSR count). The Hall–Kier alpha value is -1.69. The van der Waals surface area contributed by atoms with Crippen LogP contribution < -0.4 is 11.2 Å². The van der Waals surface area contributed by atoms with Crippen LogP contribution in [0.2, 0.25) is 0 Å². The molecule has 0 aliphatic rings. The second-order valence-electron chi connectivity index (χ2n) is 4.47. The van der Waals surface area contributed by atoms with Gasteiger partial charge in [-0.3, -0.25) is 18.7 Å². The normalized spacial score (nSPS) is 11.0. The molecule has 0 saturated heterocycles. The molecule has 0 spiro atoms. The summed E-state index contributed by atoms with van der Waals surface area (Å²) in [6.45, 7) is 8.41. The predicted octanol–water partition coefficient (Wildman–Crippen LogP) is 0.0914. The van der Waals surface area contributed by atoms with Gasteiger partial charge in [-0.05, 0) is 20.0 Å². The van der Waals surface area contributed by atoms with Crippen molar-refractivity contribution in [2.24, 2.45) is 7.05 Å². The van der Waals surface area contributed by atoms with Crippen LogP contribution in [0.15, 0.2) is 15.8 Å². The third-order valence-electron chi connectivity index (χ3n) is 3.28. The highest BCUT2D eigenvalue weighted by Crippen LogP contribution is 1.93. The highest BCUT2D eigenvalue weighted by Gasteiger charge is 2.12. The van der Waals surface area contributed by atoms with Crippen LogP contribution in [0.4, 0.5) is 0 Å². The van der Waals surface area contributed by atoms with E-state index < -0.39 is 5.56 Å². The second kappa shape index (κ2) is 6.47. The molecule has 1 aromatic heterocycles. The topological polar surface area (TPSA) is 64.3 Å². The Labute approximate surface area is 112 Å². The Kier molecular flexibility index (Phi) is 5.23. The first-order valence-electron chi connectivity index (χ1n) is 6.46. The number of carbonyl (C=O) groups is 1. The molecule has 106 valence electrons. The van der Waals surface area contributed by atoms with Crippen molar-refractivity contribution in [3.05, 3.63) is 32.6 Å². The number of ketones is 1. The lowest BCUT2D eigenvalue weighted by atomic mass is 10.2. The zero-order chi connectivity index (χ0) is 14.6. The van der Waals surface area contributed by atoms with E-state index in [4.69, 9.17) is 0 Å². The molecule has 0 amide bonds. The van der Waals surface area contributed by atoms with Crippen molar-refractivity contribution in [2.75, 3.05) is 19.6 Å². The number of Topliss-reactive ketones (excluding diaryl/α,β-unsaturated/α-hetero) is 1. The van der Waals surface area contributed by atoms with Crippen LogP contribution in [0.1, 0.15) is 31.1 Å². The average molecular weight is 267 g/mol. The van der Waals surface area contributed by atoms with E-state index in [0.29, 0.717) is 13.1 Å². The molecular weight excluding hydrogens is 246 g/mol. The molecule has 19 heavy (non-hydrogen) atoms. The highest BCUT2D eigenvalue weighted by atomic mass is 16.2. The van der Waals surface area contributed by atoms with Crippen molar-refractivity contribution in [2.45, 2.75) is 27.3 Å². The summed E-state index contributed by atoms with van der Waals surface area (Å²) in [6.07, 6.45) is 1.37. The number of rotatable bonds is 6. The van der Waals surface area contributed by atoms with E-state index >= 15 is 0 Å². The van der Waals surface area contributed by atoms with E-state index in [1.807, 2.05) is 13.8 Å². The largest absolute Gasteiger partial charge is 0.330 e. The fourth-order valence-electron chi connectivity index (χ4n) is 1.92. The summed E-state index contributed by atoms with van der Waals surface area (Å²) in [7, 11) is 1.39. The average Bonchev–Trinajstić information content (AvgIpc) is 2.39. The van der Waals surface area contributed by atoms with Gasteiger partial charge in [-0.25, -0.2) is 4.79 Å². The van der Waals surface area contributed by atoms with Gasteiger partial charge in [-0.15, -0.1) is 0 Å². The van der Waals surface area contributed by atoms with E-state index in [2.05, 4.69) is 4.90 Å². The number of likely N-dealkylation sites (N-methyl/N-ethyl adjacent to an activating group) is 1. The number of nitrogens with zero attached hydrogens (tertiary/aromatic N) is 3. The SMILES string of the molecule is CCN(CC)CCn1cc(C(C)=O)c(=O)n(C)c1=O. The van der Waals surface area contributed by atoms with E-state index in [0.717, 1.165) is 17.7 Å². The first-order valence-corrected chi connectivity index (χ1v) is 6.46. The van der Waals surface area contributed by atoms with Crippen LogP contribution in [0, 0.1) is 0 Å². The molecule has 1 heterocycles. The fourth-order valence-corrected chi connectivity index (χ4v) is 1.92. The van der Waals surface area contributed by atoms with Gasteiger partial charge in [-0.1, -0.05) is 13.8 Å². The van der Waals surface area contributed by atoms with Gasteiger partial charge in [0, 0.05) is 26.3 Å². The van der Waals surface area contributed by atoms with Crippen LogP contribution in [0.25, 0.3) is 0 Å². The number of carbonyl (C=O) groups excluding carboxylic acids is 1. The van der Waals surface area contributed by atoms with Gasteiger partial charge in [-0.2, -0.15) is 0 Å². The highest BCUT2D eigenvalue weighted by molar-refractivity contribution is 5.93. The maximum atomic E-state index is 11.9. The molecule has 0 aliphatic heterocycles. The molecule has 0 radical (unpaired) electrons. The Morgan fingerprint density at radius 2 is 1.84 bits per heavy atom. The first kappa shape index (κ1) is 15.4. The van der Waals surface area contributed by atoms with Crippen molar-refractivity contribution in [3.8, 4) is 0 Å². The summed E-state index contributed by atoms with van der Waals surface area (Å²) in [5.41, 5.74) is -0.861. The second-order valence-corrected chi connectivity index (χ2v) is 4.47. The summed E-state index contributed by atoms with van der Waals surface area (Å²) in [5.74, 6) is -0.322. The zero-order valence-corrected chi connectivity index (χ0v) is 12.0. The summed E-state index contributed by atoms with van der Waals surface area (Å²) in [4.78, 5) is 37.3. The fraction of sp³-hybridized carbons (Fsp3) is 0.615. The third-order valence-corrected chi connectivity index (χ3v) is 3.28. The smallest absolute Gasteiger partial charge is 0.302 e. The quantitative estimate of drug-likeness (QED) is 0.685. The lowest BCUT2D eigenvalue weighted by Crippen LogP contribution is -2.42. The van der Waals surface area contributed by atoms with Gasteiger partial charge in [0.25, 0.3) is 5.56 Å². The Bertz CT molecular complexity index is 567. The first-order chi connectivity index (χ1) is 8.92. The number of aromatic nitrogens is 2. The molecule has 0 N–H and O–H groups in total.